The van der Waals surface area contributed by atoms with Gasteiger partial charge in [0.25, 0.3) is 0 Å². The van der Waals surface area contributed by atoms with Crippen LogP contribution < -0.4 is 0 Å². The lowest BCUT2D eigenvalue weighted by molar-refractivity contribution is 0.588. The number of para-hydroxylation sites is 3. The van der Waals surface area contributed by atoms with Crippen LogP contribution in [0.1, 0.15) is 26.3 Å². The van der Waals surface area contributed by atoms with Gasteiger partial charge < -0.3 is 4.57 Å². The zero-order valence-corrected chi connectivity index (χ0v) is 26.1. The molecule has 0 unspecified atom stereocenters. The summed E-state index contributed by atoms with van der Waals surface area (Å²) in [4.78, 5) is 9.93. The summed E-state index contributed by atoms with van der Waals surface area (Å²) in [5.41, 5.74) is 10.1. The Balaban J connectivity index is 1.31. The zero-order valence-electron chi connectivity index (χ0n) is 26.1. The second kappa shape index (κ2) is 9.88. The van der Waals surface area contributed by atoms with E-state index in [1.807, 2.05) is 12.3 Å². The van der Waals surface area contributed by atoms with Gasteiger partial charge in [0.1, 0.15) is 5.82 Å². The Labute approximate surface area is 267 Å². The molecule has 0 amide bonds. The predicted molar refractivity (Wildman–Crippen MR) is 192 cm³/mol. The molecule has 0 aliphatic heterocycles. The van der Waals surface area contributed by atoms with Gasteiger partial charge in [-0.05, 0) is 65.6 Å². The van der Waals surface area contributed by atoms with E-state index < -0.39 is 0 Å². The van der Waals surface area contributed by atoms with Gasteiger partial charge in [0.2, 0.25) is 0 Å². The highest BCUT2D eigenvalue weighted by molar-refractivity contribution is 6.12. The Morgan fingerprint density at radius 3 is 1.96 bits per heavy atom. The lowest BCUT2D eigenvalue weighted by Gasteiger charge is -2.20. The van der Waals surface area contributed by atoms with Crippen LogP contribution >= 0.6 is 0 Å². The molecule has 0 saturated heterocycles. The third-order valence-electron chi connectivity index (χ3n) is 9.32. The van der Waals surface area contributed by atoms with Gasteiger partial charge in [0.15, 0.2) is 0 Å². The Morgan fingerprint density at radius 2 is 1.17 bits per heavy atom. The van der Waals surface area contributed by atoms with Crippen molar-refractivity contribution in [1.29, 1.82) is 0 Å². The topological polar surface area (TPSA) is 35.6 Å². The number of pyridine rings is 2. The van der Waals surface area contributed by atoms with Gasteiger partial charge in [-0.1, -0.05) is 99.6 Å². The summed E-state index contributed by atoms with van der Waals surface area (Å²) < 4.78 is 4.72. The maximum atomic E-state index is 5.02. The Hall–Kier alpha value is -5.74. The molecule has 0 bridgehead atoms. The molecule has 0 saturated carbocycles. The Kier molecular flexibility index (Phi) is 5.72. The first-order chi connectivity index (χ1) is 22.4. The molecule has 0 fully saturated rings. The molecular formula is C42H32N4. The molecule has 46 heavy (non-hydrogen) atoms. The van der Waals surface area contributed by atoms with E-state index in [0.29, 0.717) is 0 Å². The third kappa shape index (κ3) is 4.07. The molecule has 9 aromatic rings. The fourth-order valence-electron chi connectivity index (χ4n) is 6.99. The molecule has 5 aromatic carbocycles. The van der Waals surface area contributed by atoms with Crippen LogP contribution in [0.5, 0.6) is 0 Å². The smallest absolute Gasteiger partial charge is 0.137 e. The molecule has 4 nitrogen and oxygen atoms in total. The van der Waals surface area contributed by atoms with Crippen LogP contribution in [0.4, 0.5) is 0 Å². The third-order valence-corrected chi connectivity index (χ3v) is 9.32. The number of hydrogen-bond donors (Lipinski definition) is 0. The molecule has 0 spiro atoms. The van der Waals surface area contributed by atoms with E-state index in [1.54, 1.807) is 0 Å². The van der Waals surface area contributed by atoms with Crippen molar-refractivity contribution in [2.75, 3.05) is 0 Å². The summed E-state index contributed by atoms with van der Waals surface area (Å²) in [6, 6.07) is 47.9. The van der Waals surface area contributed by atoms with Crippen LogP contribution in [-0.2, 0) is 5.41 Å². The number of aromatic nitrogens is 4. The van der Waals surface area contributed by atoms with Crippen LogP contribution in [0.25, 0.3) is 77.3 Å². The quantitative estimate of drug-likeness (QED) is 0.205. The first-order valence-corrected chi connectivity index (χ1v) is 15.8. The fraction of sp³-hybridized carbons (Fsp3) is 0.0952. The fourth-order valence-corrected chi connectivity index (χ4v) is 6.99. The van der Waals surface area contributed by atoms with Crippen molar-refractivity contribution >= 4 is 54.5 Å². The second-order valence-corrected chi connectivity index (χ2v) is 13.2. The minimum atomic E-state index is 0.0161. The van der Waals surface area contributed by atoms with E-state index in [0.717, 1.165) is 50.2 Å². The standard InChI is InChI=1S/C42H32N4/c1-42(2,3)29-22-23-43-41(25-29)46-38-15-9-6-12-32(38)34-20-18-30(26-40(34)46)45-37-14-8-5-11-31(37)33-19-16-28(24-39(33)45)36-21-17-27-10-4-7-13-35(27)44-36/h4-26H,1-3H3. The lowest BCUT2D eigenvalue weighted by atomic mass is 9.88. The van der Waals surface area contributed by atoms with Crippen molar-refractivity contribution < 1.29 is 0 Å². The average Bonchev–Trinajstić information content (AvgIpc) is 3.60. The van der Waals surface area contributed by atoms with E-state index in [1.165, 1.54) is 32.6 Å². The number of rotatable bonds is 3. The largest absolute Gasteiger partial charge is 0.309 e. The van der Waals surface area contributed by atoms with Crippen molar-refractivity contribution in [1.82, 2.24) is 19.1 Å². The highest BCUT2D eigenvalue weighted by atomic mass is 15.1. The van der Waals surface area contributed by atoms with Crippen molar-refractivity contribution in [3.8, 4) is 22.8 Å². The van der Waals surface area contributed by atoms with Crippen LogP contribution in [0.3, 0.4) is 0 Å². The first-order valence-electron chi connectivity index (χ1n) is 15.8. The maximum absolute atomic E-state index is 5.02. The summed E-state index contributed by atoms with van der Waals surface area (Å²) in [5.74, 6) is 0.933. The summed E-state index contributed by atoms with van der Waals surface area (Å²) in [5, 5.41) is 6.03. The van der Waals surface area contributed by atoms with Crippen molar-refractivity contribution in [2.45, 2.75) is 26.2 Å². The zero-order chi connectivity index (χ0) is 31.0. The van der Waals surface area contributed by atoms with Crippen LogP contribution in [0, 0.1) is 0 Å². The molecule has 0 radical (unpaired) electrons. The van der Waals surface area contributed by atoms with E-state index in [2.05, 4.69) is 157 Å². The van der Waals surface area contributed by atoms with Gasteiger partial charge in [-0.3, -0.25) is 4.57 Å². The molecule has 9 rings (SSSR count). The van der Waals surface area contributed by atoms with E-state index in [-0.39, 0.29) is 5.41 Å². The first kappa shape index (κ1) is 26.6. The van der Waals surface area contributed by atoms with Crippen LogP contribution in [0.15, 0.2) is 140 Å². The Morgan fingerprint density at radius 1 is 0.522 bits per heavy atom. The van der Waals surface area contributed by atoms with Gasteiger partial charge in [-0.25, -0.2) is 9.97 Å². The normalized spacial score (nSPS) is 12.2. The van der Waals surface area contributed by atoms with Gasteiger partial charge in [0, 0.05) is 44.4 Å². The minimum absolute atomic E-state index is 0.0161. The molecular weight excluding hydrogens is 560 g/mol. The average molecular weight is 593 g/mol. The van der Waals surface area contributed by atoms with Crippen molar-refractivity contribution in [2.24, 2.45) is 0 Å². The minimum Gasteiger partial charge on any atom is -0.309 e. The molecule has 220 valence electrons. The summed E-state index contributed by atoms with van der Waals surface area (Å²) in [6.07, 6.45) is 1.94. The molecule has 0 N–H and O–H groups in total. The molecule has 0 atom stereocenters. The van der Waals surface area contributed by atoms with Crippen molar-refractivity contribution in [3.63, 3.8) is 0 Å². The van der Waals surface area contributed by atoms with Gasteiger partial charge in [-0.15, -0.1) is 0 Å². The van der Waals surface area contributed by atoms with E-state index >= 15 is 0 Å². The number of nitrogens with zero attached hydrogens (tertiary/aromatic N) is 4. The van der Waals surface area contributed by atoms with Gasteiger partial charge in [-0.2, -0.15) is 0 Å². The monoisotopic (exact) mass is 592 g/mol. The van der Waals surface area contributed by atoms with E-state index in [4.69, 9.17) is 9.97 Å². The number of benzene rings is 5. The molecule has 4 heterocycles. The summed E-state index contributed by atoms with van der Waals surface area (Å²) in [6.45, 7) is 6.75. The predicted octanol–water partition coefficient (Wildman–Crippen LogP) is 10.8. The number of fused-ring (bicyclic) bond motifs is 7. The van der Waals surface area contributed by atoms with E-state index in [9.17, 15) is 0 Å². The molecule has 4 aromatic heterocycles. The molecule has 0 aliphatic carbocycles. The highest BCUT2D eigenvalue weighted by Gasteiger charge is 2.19. The molecule has 0 aliphatic rings. The molecule has 4 heteroatoms. The maximum Gasteiger partial charge on any atom is 0.137 e. The SMILES string of the molecule is CC(C)(C)c1ccnc(-n2c3ccccc3c3ccc(-n4c5ccccc5c5ccc(-c6ccc7ccccc7n6)cc54)cc32)c1. The summed E-state index contributed by atoms with van der Waals surface area (Å²) in [7, 11) is 0. The highest BCUT2D eigenvalue weighted by Crippen LogP contribution is 2.38. The van der Waals surface area contributed by atoms with Crippen LogP contribution in [-0.4, -0.2) is 19.1 Å². The lowest BCUT2D eigenvalue weighted by Crippen LogP contribution is -2.12. The number of hydrogen-bond acceptors (Lipinski definition) is 2. The second-order valence-electron chi connectivity index (χ2n) is 13.2. The summed E-state index contributed by atoms with van der Waals surface area (Å²) >= 11 is 0. The van der Waals surface area contributed by atoms with Gasteiger partial charge >= 0.3 is 0 Å². The van der Waals surface area contributed by atoms with Crippen LogP contribution in [0.2, 0.25) is 0 Å². The van der Waals surface area contributed by atoms with Crippen molar-refractivity contribution in [3.05, 3.63) is 145 Å². The Bertz CT molecular complexity index is 2630. The van der Waals surface area contributed by atoms with Gasteiger partial charge in [0.05, 0.1) is 33.3 Å².